The molecule has 0 bridgehead atoms. The van der Waals surface area contributed by atoms with E-state index in [9.17, 15) is 9.18 Å². The molecule has 5 aromatic rings. The number of H-pyrrole nitrogens is 1. The molecule has 45 heavy (non-hydrogen) atoms. The van der Waals surface area contributed by atoms with Crippen LogP contribution < -0.4 is 15.4 Å². The Hall–Kier alpha value is -4.77. The lowest BCUT2D eigenvalue weighted by molar-refractivity contribution is -0.122. The lowest BCUT2D eigenvalue weighted by Crippen LogP contribution is -2.50. The van der Waals surface area contributed by atoms with Crippen molar-refractivity contribution < 1.29 is 18.4 Å². The van der Waals surface area contributed by atoms with Crippen molar-refractivity contribution in [1.29, 1.82) is 0 Å². The summed E-state index contributed by atoms with van der Waals surface area (Å²) in [5.74, 6) is 1.38. The number of anilines is 1. The molecule has 2 aliphatic heterocycles. The van der Waals surface area contributed by atoms with Crippen molar-refractivity contribution in [2.24, 2.45) is 4.99 Å². The summed E-state index contributed by atoms with van der Waals surface area (Å²) in [6.07, 6.45) is 2.54. The summed E-state index contributed by atoms with van der Waals surface area (Å²) in [4.78, 5) is 29.2. The zero-order chi connectivity index (χ0) is 31.4. The number of aliphatic imine (C=N–C) groups is 1. The lowest BCUT2D eigenvalue weighted by Gasteiger charge is -2.35. The summed E-state index contributed by atoms with van der Waals surface area (Å²) in [7, 11) is 1.63. The van der Waals surface area contributed by atoms with Gasteiger partial charge in [-0.3, -0.25) is 9.78 Å². The molecule has 1 amide bonds. The topological polar surface area (TPSA) is 121 Å². The molecule has 3 N–H and O–H groups in total. The Morgan fingerprint density at radius 3 is 2.60 bits per heavy atom. The number of carbonyl (C=O) groups is 1. The Morgan fingerprint density at radius 1 is 1.09 bits per heavy atom. The van der Waals surface area contributed by atoms with Crippen LogP contribution in [0.5, 0.6) is 5.75 Å². The quantitative estimate of drug-likeness (QED) is 0.225. The van der Waals surface area contributed by atoms with E-state index in [0.717, 1.165) is 59.2 Å². The molecular formula is C34H36FN7O3. The largest absolute Gasteiger partial charge is 0.496 e. The van der Waals surface area contributed by atoms with Crippen LogP contribution in [0.3, 0.4) is 0 Å². The highest BCUT2D eigenvalue weighted by Gasteiger charge is 2.33. The minimum Gasteiger partial charge on any atom is -0.496 e. The Kier molecular flexibility index (Phi) is 7.27. The molecule has 10 nitrogen and oxygen atoms in total. The number of likely N-dealkylation sites (tertiary alicyclic amines) is 1. The van der Waals surface area contributed by atoms with Crippen molar-refractivity contribution >= 4 is 39.2 Å². The number of carbonyl (C=O) groups excluding carboxylic acids is 1. The number of ether oxygens (including phenoxy) is 1. The van der Waals surface area contributed by atoms with Crippen molar-refractivity contribution in [3.63, 3.8) is 0 Å². The highest BCUT2D eigenvalue weighted by Crippen LogP contribution is 2.42. The third-order valence-electron chi connectivity index (χ3n) is 9.01. The van der Waals surface area contributed by atoms with Crippen molar-refractivity contribution in [2.45, 2.75) is 58.8 Å². The monoisotopic (exact) mass is 609 g/mol. The Bertz CT molecular complexity index is 1950. The van der Waals surface area contributed by atoms with E-state index in [1.807, 2.05) is 32.0 Å². The van der Waals surface area contributed by atoms with E-state index < -0.39 is 6.17 Å². The van der Waals surface area contributed by atoms with Crippen LogP contribution in [0.1, 0.15) is 49.3 Å². The van der Waals surface area contributed by atoms with Gasteiger partial charge < -0.3 is 29.8 Å². The lowest BCUT2D eigenvalue weighted by atomic mass is 9.94. The summed E-state index contributed by atoms with van der Waals surface area (Å²) >= 11 is 0. The molecule has 3 aromatic heterocycles. The van der Waals surface area contributed by atoms with Gasteiger partial charge >= 0.3 is 0 Å². The summed E-state index contributed by atoms with van der Waals surface area (Å²) in [6, 6.07) is 10.8. The first-order valence-electron chi connectivity index (χ1n) is 15.3. The molecule has 0 radical (unpaired) electrons. The highest BCUT2D eigenvalue weighted by atomic mass is 19.1. The summed E-state index contributed by atoms with van der Waals surface area (Å²) in [6.45, 7) is 10.0. The standard InChI is InChI=1S/C34H36FN7O3/c1-17(2)42-12-9-21(10-13-42)37-34(43)33-39-31(22-8-11-36-26-7-6-20(35)14-23(22)26)30-24-16-28(44-5)25(15-27(24)38-32(30)40-33)29-18(3)41-45-19(29)4/h6-8,11,14-17,21,33,38,40H,9-10,12-13H2,1-5H3,(H,37,43). The van der Waals surface area contributed by atoms with Crippen LogP contribution >= 0.6 is 0 Å². The normalized spacial score (nSPS) is 17.4. The molecule has 1 unspecified atom stereocenters. The molecule has 0 spiro atoms. The molecule has 0 aliphatic carbocycles. The molecular weight excluding hydrogens is 573 g/mol. The van der Waals surface area contributed by atoms with Gasteiger partial charge in [0.15, 0.2) is 6.17 Å². The number of aromatic nitrogens is 3. The fraction of sp³-hybridized carbons (Fsp3) is 0.353. The Balaban J connectivity index is 1.35. The molecule has 5 heterocycles. The van der Waals surface area contributed by atoms with Crippen molar-refractivity contribution in [3.8, 4) is 16.9 Å². The van der Waals surface area contributed by atoms with Gasteiger partial charge in [-0.2, -0.15) is 0 Å². The number of rotatable bonds is 6. The van der Waals surface area contributed by atoms with Crippen LogP contribution in [0.2, 0.25) is 0 Å². The second kappa shape index (κ2) is 11.3. The zero-order valence-electron chi connectivity index (χ0n) is 26.0. The first-order chi connectivity index (χ1) is 21.7. The number of nitrogens with zero attached hydrogens (tertiary/aromatic N) is 4. The number of halogens is 1. The SMILES string of the molecule is COc1cc2c3c([nH]c2cc1-c1c(C)noc1C)NC(C(=O)NC1CCN(C(C)C)CC1)N=C3c1ccnc2ccc(F)cc12. The molecule has 2 aromatic carbocycles. The third-order valence-corrected chi connectivity index (χ3v) is 9.01. The molecule has 1 saturated heterocycles. The number of aryl methyl sites for hydroxylation is 2. The molecule has 0 saturated carbocycles. The van der Waals surface area contributed by atoms with Crippen LogP contribution in [0, 0.1) is 19.7 Å². The van der Waals surface area contributed by atoms with E-state index in [0.29, 0.717) is 45.5 Å². The van der Waals surface area contributed by atoms with E-state index in [1.54, 1.807) is 19.4 Å². The fourth-order valence-corrected chi connectivity index (χ4v) is 6.66. The second-order valence-corrected chi connectivity index (χ2v) is 12.1. The minimum atomic E-state index is -0.899. The van der Waals surface area contributed by atoms with Gasteiger partial charge in [-0.1, -0.05) is 5.16 Å². The van der Waals surface area contributed by atoms with Gasteiger partial charge in [0.1, 0.15) is 23.1 Å². The van der Waals surface area contributed by atoms with Gasteiger partial charge in [0.25, 0.3) is 5.91 Å². The Morgan fingerprint density at radius 2 is 1.89 bits per heavy atom. The van der Waals surface area contributed by atoms with Crippen molar-refractivity contribution in [1.82, 2.24) is 25.3 Å². The van der Waals surface area contributed by atoms with Crippen LogP contribution in [0.15, 0.2) is 52.1 Å². The smallest absolute Gasteiger partial charge is 0.265 e. The first-order valence-corrected chi connectivity index (χ1v) is 15.3. The molecule has 232 valence electrons. The van der Waals surface area contributed by atoms with E-state index in [-0.39, 0.29) is 17.8 Å². The van der Waals surface area contributed by atoms with E-state index >= 15 is 0 Å². The number of aromatic amines is 1. The first kappa shape index (κ1) is 29.0. The van der Waals surface area contributed by atoms with Gasteiger partial charge in [0.2, 0.25) is 0 Å². The number of fused-ring (bicyclic) bond motifs is 4. The maximum Gasteiger partial charge on any atom is 0.265 e. The molecule has 2 aliphatic rings. The van der Waals surface area contributed by atoms with Gasteiger partial charge in [-0.15, -0.1) is 0 Å². The third kappa shape index (κ3) is 5.10. The van der Waals surface area contributed by atoms with E-state index in [4.69, 9.17) is 14.3 Å². The average Bonchev–Trinajstić information content (AvgIpc) is 3.57. The zero-order valence-corrected chi connectivity index (χ0v) is 26.0. The number of pyridine rings is 1. The average molecular weight is 610 g/mol. The molecule has 1 fully saturated rings. The van der Waals surface area contributed by atoms with Crippen LogP contribution in [-0.4, -0.2) is 70.1 Å². The van der Waals surface area contributed by atoms with Gasteiger partial charge in [-0.05, 0) is 76.9 Å². The second-order valence-electron chi connectivity index (χ2n) is 12.1. The number of piperidine rings is 1. The predicted octanol–water partition coefficient (Wildman–Crippen LogP) is 5.71. The van der Waals surface area contributed by atoms with Crippen LogP contribution in [-0.2, 0) is 4.79 Å². The molecule has 11 heteroatoms. The summed E-state index contributed by atoms with van der Waals surface area (Å²) in [5, 5.41) is 12.2. The molecule has 1 atom stereocenters. The number of hydrogen-bond acceptors (Lipinski definition) is 8. The molecule has 7 rings (SSSR count). The summed E-state index contributed by atoms with van der Waals surface area (Å²) in [5.41, 5.74) is 5.89. The van der Waals surface area contributed by atoms with Crippen LogP contribution in [0.4, 0.5) is 10.2 Å². The number of methoxy groups -OCH3 is 1. The number of benzene rings is 2. The fourth-order valence-electron chi connectivity index (χ4n) is 6.66. The maximum absolute atomic E-state index is 14.6. The number of amides is 1. The van der Waals surface area contributed by atoms with Crippen molar-refractivity contribution in [3.05, 3.63) is 71.0 Å². The van der Waals surface area contributed by atoms with Gasteiger partial charge in [0, 0.05) is 58.8 Å². The van der Waals surface area contributed by atoms with Gasteiger partial charge in [-0.25, -0.2) is 9.38 Å². The summed E-state index contributed by atoms with van der Waals surface area (Å²) < 4.78 is 25.9. The van der Waals surface area contributed by atoms with E-state index in [2.05, 4.69) is 44.5 Å². The maximum atomic E-state index is 14.6. The predicted molar refractivity (Wildman–Crippen MR) is 172 cm³/mol. The minimum absolute atomic E-state index is 0.0646. The van der Waals surface area contributed by atoms with Crippen molar-refractivity contribution in [2.75, 3.05) is 25.5 Å². The number of hydrogen-bond donors (Lipinski definition) is 3. The van der Waals surface area contributed by atoms with E-state index in [1.165, 1.54) is 12.1 Å². The Labute approximate surface area is 260 Å². The number of nitrogens with one attached hydrogen (secondary N) is 3. The van der Waals surface area contributed by atoms with Crippen LogP contribution in [0.25, 0.3) is 32.9 Å². The highest BCUT2D eigenvalue weighted by molar-refractivity contribution is 6.28. The van der Waals surface area contributed by atoms with Gasteiger partial charge in [0.05, 0.1) is 35.2 Å².